The first-order valence-electron chi connectivity index (χ1n) is 11.4. The number of hydrogen-bond acceptors (Lipinski definition) is 6. The molecule has 5 rings (SSSR count). The standard InChI is InChI=1S/C26H27N5O2/c1-15(2)33-23-7-6-16(10-18(23)12-27)22-13-29-26(30-22)20-5-3-4-19-21(20)11-17-8-9-31(25(17)19)14-24(28)32/h3-7,10,15,17,25H,8-9,11,13-14H2,1-2H3,(H2,28,32)/t17-,25-/m1/s1. The Morgan fingerprint density at radius 2 is 2.18 bits per heavy atom. The van der Waals surface area contributed by atoms with Gasteiger partial charge in [0, 0.05) is 11.6 Å². The van der Waals surface area contributed by atoms with Gasteiger partial charge in [-0.1, -0.05) is 18.2 Å². The minimum absolute atomic E-state index is 0.000253. The molecule has 1 fully saturated rings. The molecule has 2 heterocycles. The first-order valence-corrected chi connectivity index (χ1v) is 11.4. The number of carbonyl (C=O) groups excluding carboxylic acids is 1. The lowest BCUT2D eigenvalue weighted by Gasteiger charge is -2.23. The number of ether oxygens (including phenoxy) is 1. The summed E-state index contributed by atoms with van der Waals surface area (Å²) in [6, 6.07) is 14.4. The lowest BCUT2D eigenvalue weighted by atomic mass is 10.0. The Morgan fingerprint density at radius 3 is 2.94 bits per heavy atom. The number of rotatable bonds is 6. The van der Waals surface area contributed by atoms with Crippen LogP contribution in [0.3, 0.4) is 0 Å². The highest BCUT2D eigenvalue weighted by Gasteiger charge is 2.42. The molecule has 0 saturated carbocycles. The molecular formula is C26H27N5O2. The van der Waals surface area contributed by atoms with E-state index in [0.717, 1.165) is 42.1 Å². The van der Waals surface area contributed by atoms with Crippen molar-refractivity contribution < 1.29 is 9.53 Å². The molecule has 0 bridgehead atoms. The summed E-state index contributed by atoms with van der Waals surface area (Å²) in [4.78, 5) is 23.3. The van der Waals surface area contributed by atoms with E-state index in [1.54, 1.807) is 0 Å². The van der Waals surface area contributed by atoms with Crippen molar-refractivity contribution in [1.29, 1.82) is 5.26 Å². The van der Waals surface area contributed by atoms with Gasteiger partial charge in [-0.15, -0.1) is 0 Å². The maximum absolute atomic E-state index is 11.5. The van der Waals surface area contributed by atoms with Crippen LogP contribution in [0.5, 0.6) is 5.75 Å². The van der Waals surface area contributed by atoms with E-state index in [9.17, 15) is 10.1 Å². The smallest absolute Gasteiger partial charge is 0.231 e. The number of hydrogen-bond donors (Lipinski definition) is 1. The number of aliphatic imine (C=N–C) groups is 2. The third-order valence-corrected chi connectivity index (χ3v) is 6.64. The van der Waals surface area contributed by atoms with Crippen LogP contribution in [0, 0.1) is 17.2 Å². The summed E-state index contributed by atoms with van der Waals surface area (Å²) in [6.45, 7) is 5.56. The molecule has 7 nitrogen and oxygen atoms in total. The van der Waals surface area contributed by atoms with E-state index in [-0.39, 0.29) is 18.1 Å². The topological polar surface area (TPSA) is 104 Å². The van der Waals surface area contributed by atoms with E-state index in [1.165, 1.54) is 11.1 Å². The maximum atomic E-state index is 11.5. The first kappa shape index (κ1) is 21.4. The van der Waals surface area contributed by atoms with Crippen molar-refractivity contribution in [2.24, 2.45) is 21.6 Å². The zero-order valence-electron chi connectivity index (χ0n) is 18.9. The van der Waals surface area contributed by atoms with E-state index in [2.05, 4.69) is 29.2 Å². The minimum atomic E-state index is -0.281. The fourth-order valence-corrected chi connectivity index (χ4v) is 5.35. The third kappa shape index (κ3) is 3.91. The molecule has 168 valence electrons. The van der Waals surface area contributed by atoms with E-state index in [0.29, 0.717) is 30.3 Å². The van der Waals surface area contributed by atoms with Crippen molar-refractivity contribution in [1.82, 2.24) is 4.90 Å². The summed E-state index contributed by atoms with van der Waals surface area (Å²) in [7, 11) is 0. The summed E-state index contributed by atoms with van der Waals surface area (Å²) in [5, 5.41) is 9.56. The Hall–Kier alpha value is -3.50. The van der Waals surface area contributed by atoms with Gasteiger partial charge in [0.1, 0.15) is 11.8 Å². The van der Waals surface area contributed by atoms with Gasteiger partial charge >= 0.3 is 0 Å². The highest BCUT2D eigenvalue weighted by Crippen LogP contribution is 2.47. The molecule has 7 heteroatoms. The molecular weight excluding hydrogens is 414 g/mol. The normalized spacial score (nSPS) is 21.4. The van der Waals surface area contributed by atoms with Crippen molar-refractivity contribution in [3.63, 3.8) is 0 Å². The van der Waals surface area contributed by atoms with Crippen LogP contribution in [0.25, 0.3) is 0 Å². The highest BCUT2D eigenvalue weighted by molar-refractivity contribution is 6.17. The third-order valence-electron chi connectivity index (χ3n) is 6.64. The van der Waals surface area contributed by atoms with E-state index in [4.69, 9.17) is 20.5 Å². The van der Waals surface area contributed by atoms with E-state index in [1.807, 2.05) is 32.0 Å². The zero-order valence-corrected chi connectivity index (χ0v) is 18.9. The molecule has 2 aromatic rings. The van der Waals surface area contributed by atoms with Crippen LogP contribution in [0.2, 0.25) is 0 Å². The molecule has 3 aliphatic rings. The molecule has 2 N–H and O–H groups in total. The van der Waals surface area contributed by atoms with E-state index < -0.39 is 0 Å². The van der Waals surface area contributed by atoms with Gasteiger partial charge in [0.25, 0.3) is 0 Å². The molecule has 0 spiro atoms. The summed E-state index contributed by atoms with van der Waals surface area (Å²) in [6.07, 6.45) is 2.03. The number of amidine groups is 1. The number of nitriles is 1. The summed E-state index contributed by atoms with van der Waals surface area (Å²) in [5.74, 6) is 1.54. The Morgan fingerprint density at radius 1 is 1.33 bits per heavy atom. The second kappa shape index (κ2) is 8.45. The molecule has 1 amide bonds. The highest BCUT2D eigenvalue weighted by atomic mass is 16.5. The van der Waals surface area contributed by atoms with Crippen LogP contribution >= 0.6 is 0 Å². The van der Waals surface area contributed by atoms with Crippen molar-refractivity contribution in [3.05, 3.63) is 64.2 Å². The van der Waals surface area contributed by atoms with Gasteiger partial charge in [-0.05, 0) is 74.0 Å². The van der Waals surface area contributed by atoms with Gasteiger partial charge in [0.05, 0.1) is 30.5 Å². The second-order valence-electron chi connectivity index (χ2n) is 9.20. The van der Waals surface area contributed by atoms with Gasteiger partial charge in [0.15, 0.2) is 5.84 Å². The molecule has 1 saturated heterocycles. The SMILES string of the molecule is CC(C)Oc1ccc(C2=NC(c3cccc4c3C[C@H]3CCN(CC(N)=O)[C@@H]43)=NC2)cc1C#N. The van der Waals surface area contributed by atoms with Gasteiger partial charge in [-0.2, -0.15) is 5.26 Å². The van der Waals surface area contributed by atoms with Gasteiger partial charge in [-0.3, -0.25) is 14.7 Å². The fourth-order valence-electron chi connectivity index (χ4n) is 5.35. The maximum Gasteiger partial charge on any atom is 0.231 e. The van der Waals surface area contributed by atoms with Gasteiger partial charge in [0.2, 0.25) is 5.91 Å². The Kier molecular flexibility index (Phi) is 5.47. The van der Waals surface area contributed by atoms with Crippen molar-refractivity contribution in [2.75, 3.05) is 19.6 Å². The number of likely N-dealkylation sites (tertiary alicyclic amines) is 1. The lowest BCUT2D eigenvalue weighted by molar-refractivity contribution is -0.119. The van der Waals surface area contributed by atoms with Crippen LogP contribution < -0.4 is 10.5 Å². The second-order valence-corrected chi connectivity index (χ2v) is 9.20. The molecule has 2 aromatic carbocycles. The lowest BCUT2D eigenvalue weighted by Crippen LogP contribution is -2.33. The minimum Gasteiger partial charge on any atom is -0.490 e. The monoisotopic (exact) mass is 441 g/mol. The molecule has 33 heavy (non-hydrogen) atoms. The van der Waals surface area contributed by atoms with Crippen molar-refractivity contribution in [3.8, 4) is 11.8 Å². The summed E-state index contributed by atoms with van der Waals surface area (Å²) >= 11 is 0. The van der Waals surface area contributed by atoms with Crippen LogP contribution in [0.15, 0.2) is 46.4 Å². The quantitative estimate of drug-likeness (QED) is 0.744. The zero-order chi connectivity index (χ0) is 23.1. The van der Waals surface area contributed by atoms with Crippen molar-refractivity contribution >= 4 is 17.5 Å². The first-order chi connectivity index (χ1) is 15.9. The average Bonchev–Trinajstić information content (AvgIpc) is 3.49. The van der Waals surface area contributed by atoms with E-state index >= 15 is 0 Å². The number of benzene rings is 2. The number of nitrogens with zero attached hydrogens (tertiary/aromatic N) is 4. The molecule has 2 atom stereocenters. The van der Waals surface area contributed by atoms with Gasteiger partial charge in [-0.25, -0.2) is 4.99 Å². The Bertz CT molecular complexity index is 1220. The van der Waals surface area contributed by atoms with Crippen LogP contribution in [-0.2, 0) is 11.2 Å². The number of amides is 1. The largest absolute Gasteiger partial charge is 0.490 e. The Balaban J connectivity index is 1.43. The number of primary amides is 1. The number of nitrogens with two attached hydrogens (primary N) is 1. The molecule has 0 radical (unpaired) electrons. The van der Waals surface area contributed by atoms with Crippen molar-refractivity contribution in [2.45, 2.75) is 38.8 Å². The number of carbonyl (C=O) groups is 1. The summed E-state index contributed by atoms with van der Waals surface area (Å²) < 4.78 is 5.74. The Labute approximate surface area is 193 Å². The average molecular weight is 442 g/mol. The molecule has 2 aliphatic heterocycles. The predicted molar refractivity (Wildman–Crippen MR) is 127 cm³/mol. The van der Waals surface area contributed by atoms with Crippen LogP contribution in [0.4, 0.5) is 0 Å². The molecule has 0 aromatic heterocycles. The van der Waals surface area contributed by atoms with Gasteiger partial charge < -0.3 is 10.5 Å². The predicted octanol–water partition coefficient (Wildman–Crippen LogP) is 3.00. The fraction of sp³-hybridized carbons (Fsp3) is 0.385. The molecule has 0 unspecified atom stereocenters. The van der Waals surface area contributed by atoms with Crippen LogP contribution in [-0.4, -0.2) is 48.1 Å². The van der Waals surface area contributed by atoms with Crippen LogP contribution in [0.1, 0.15) is 54.1 Å². The number of fused-ring (bicyclic) bond motifs is 3. The molecule has 1 aliphatic carbocycles. The summed E-state index contributed by atoms with van der Waals surface area (Å²) in [5.41, 5.74) is 11.3.